The summed E-state index contributed by atoms with van der Waals surface area (Å²) in [5.41, 5.74) is 0.558. The maximum absolute atomic E-state index is 12.8. The van der Waals surface area contributed by atoms with Gasteiger partial charge in [0.2, 0.25) is 6.17 Å². The van der Waals surface area contributed by atoms with Crippen molar-refractivity contribution < 1.29 is 14.8 Å². The van der Waals surface area contributed by atoms with Crippen molar-refractivity contribution in [2.24, 2.45) is 0 Å². The average molecular weight is 403 g/mol. The summed E-state index contributed by atoms with van der Waals surface area (Å²) < 4.78 is 3.96. The van der Waals surface area contributed by atoms with E-state index < -0.39 is 9.96 Å². The number of amides is 1. The third kappa shape index (κ3) is 4.78. The van der Waals surface area contributed by atoms with Crippen molar-refractivity contribution in [3.8, 4) is 0 Å². The van der Waals surface area contributed by atoms with Crippen molar-refractivity contribution in [1.29, 1.82) is 0 Å². The first-order chi connectivity index (χ1) is 11.9. The molecule has 134 valence electrons. The molecular formula is C18H20Cl3N2O2+. The van der Waals surface area contributed by atoms with Crippen LogP contribution in [0.3, 0.4) is 0 Å². The molecular weight excluding hydrogens is 383 g/mol. The minimum atomic E-state index is -1.63. The average Bonchev–Trinajstić information content (AvgIpc) is 3.10. The fourth-order valence-corrected chi connectivity index (χ4v) is 3.47. The van der Waals surface area contributed by atoms with E-state index in [0.717, 1.165) is 30.2 Å². The van der Waals surface area contributed by atoms with Crippen molar-refractivity contribution in [2.75, 3.05) is 13.2 Å². The summed E-state index contributed by atoms with van der Waals surface area (Å²) in [4.78, 5) is 12.8. The van der Waals surface area contributed by atoms with Crippen molar-refractivity contribution in [3.05, 3.63) is 48.0 Å². The number of carbonyl (C=O) groups excluding carboxylic acids is 1. The van der Waals surface area contributed by atoms with Crippen LogP contribution in [0.25, 0.3) is 10.8 Å². The van der Waals surface area contributed by atoms with Gasteiger partial charge in [-0.15, -0.1) is 0 Å². The molecule has 2 aromatic carbocycles. The monoisotopic (exact) mass is 401 g/mol. The van der Waals surface area contributed by atoms with E-state index in [4.69, 9.17) is 39.5 Å². The first-order valence-electron chi connectivity index (χ1n) is 8.25. The summed E-state index contributed by atoms with van der Waals surface area (Å²) in [5.74, 6) is -0.267. The van der Waals surface area contributed by atoms with Gasteiger partial charge in [-0.25, -0.2) is 0 Å². The van der Waals surface area contributed by atoms with E-state index in [1.165, 1.54) is 0 Å². The molecule has 1 fully saturated rings. The van der Waals surface area contributed by atoms with Crippen LogP contribution in [-0.2, 0) is 4.74 Å². The van der Waals surface area contributed by atoms with Crippen LogP contribution in [0.1, 0.15) is 23.2 Å². The second-order valence-corrected chi connectivity index (χ2v) is 8.49. The fourth-order valence-electron chi connectivity index (χ4n) is 3.03. The Kier molecular flexibility index (Phi) is 6.08. The lowest BCUT2D eigenvalue weighted by molar-refractivity contribution is -0.697. The normalized spacial score (nSPS) is 19.1. The number of nitrogens with one attached hydrogen (secondary N) is 1. The Labute approximate surface area is 161 Å². The predicted molar refractivity (Wildman–Crippen MR) is 101 cm³/mol. The Hall–Kier alpha value is -1.04. The standard InChI is InChI=1S/C18H19Cl3N2O2/c19-18(20,21)17(22-11-13-7-4-10-25-13)23-16(24)15-9-3-6-12-5-1-2-8-14(12)15/h1-3,5-6,8-9,13,17,22H,4,7,10-11H2,(H,23,24)/p+1/t13-,17+/m1/s1. The number of hydrogen-bond donors (Lipinski definition) is 2. The first-order valence-corrected chi connectivity index (χ1v) is 9.39. The Morgan fingerprint density at radius 3 is 2.72 bits per heavy atom. The topological polar surface area (TPSA) is 54.9 Å². The van der Waals surface area contributed by atoms with Crippen LogP contribution in [0, 0.1) is 0 Å². The molecule has 1 amide bonds. The first kappa shape index (κ1) is 18.7. The Bertz CT molecular complexity index is 737. The molecule has 2 atom stereocenters. The lowest BCUT2D eigenvalue weighted by atomic mass is 10.0. The number of hydrogen-bond acceptors (Lipinski definition) is 2. The summed E-state index contributed by atoms with van der Waals surface area (Å²) in [6, 6.07) is 13.3. The van der Waals surface area contributed by atoms with Gasteiger partial charge in [-0.2, -0.15) is 0 Å². The Morgan fingerprint density at radius 1 is 1.24 bits per heavy atom. The molecule has 7 heteroatoms. The molecule has 0 saturated carbocycles. The number of carbonyl (C=O) groups is 1. The molecule has 3 N–H and O–H groups in total. The van der Waals surface area contributed by atoms with Crippen LogP contribution in [0.15, 0.2) is 42.5 Å². The van der Waals surface area contributed by atoms with Crippen LogP contribution in [-0.4, -0.2) is 35.1 Å². The van der Waals surface area contributed by atoms with Crippen LogP contribution >= 0.6 is 34.8 Å². The Balaban J connectivity index is 1.74. The minimum Gasteiger partial charge on any atom is -0.372 e. The van der Waals surface area contributed by atoms with Gasteiger partial charge in [0, 0.05) is 12.2 Å². The quantitative estimate of drug-likeness (QED) is 0.597. The number of fused-ring (bicyclic) bond motifs is 1. The third-order valence-electron chi connectivity index (χ3n) is 4.33. The highest BCUT2D eigenvalue weighted by atomic mass is 35.6. The third-order valence-corrected chi connectivity index (χ3v) is 5.04. The molecule has 1 heterocycles. The maximum Gasteiger partial charge on any atom is 0.262 e. The number of nitrogens with two attached hydrogens (primary N) is 1. The van der Waals surface area contributed by atoms with E-state index in [9.17, 15) is 4.79 Å². The highest BCUT2D eigenvalue weighted by Gasteiger charge is 2.38. The van der Waals surface area contributed by atoms with Gasteiger partial charge in [0.15, 0.2) is 0 Å². The molecule has 0 bridgehead atoms. The lowest BCUT2D eigenvalue weighted by Gasteiger charge is -2.24. The summed E-state index contributed by atoms with van der Waals surface area (Å²) in [7, 11) is 0. The van der Waals surface area contributed by atoms with Gasteiger partial charge in [0.25, 0.3) is 9.70 Å². The molecule has 1 aliphatic heterocycles. The molecule has 0 unspecified atom stereocenters. The molecule has 0 spiro atoms. The second-order valence-electron chi connectivity index (χ2n) is 6.13. The van der Waals surface area contributed by atoms with Gasteiger partial charge in [-0.3, -0.25) is 10.1 Å². The predicted octanol–water partition coefficient (Wildman–Crippen LogP) is 3.01. The number of rotatable bonds is 5. The fraction of sp³-hybridized carbons (Fsp3) is 0.389. The molecule has 2 aromatic rings. The van der Waals surface area contributed by atoms with Crippen molar-refractivity contribution in [3.63, 3.8) is 0 Å². The van der Waals surface area contributed by atoms with E-state index >= 15 is 0 Å². The molecule has 25 heavy (non-hydrogen) atoms. The minimum absolute atomic E-state index is 0.129. The van der Waals surface area contributed by atoms with Gasteiger partial charge >= 0.3 is 0 Å². The zero-order valence-electron chi connectivity index (χ0n) is 13.6. The highest BCUT2D eigenvalue weighted by molar-refractivity contribution is 6.68. The molecule has 0 aliphatic carbocycles. The molecule has 1 aliphatic rings. The highest BCUT2D eigenvalue weighted by Crippen LogP contribution is 2.28. The number of quaternary nitrogens is 1. The summed E-state index contributed by atoms with van der Waals surface area (Å²) in [6.45, 7) is 1.40. The van der Waals surface area contributed by atoms with Crippen molar-refractivity contribution >= 4 is 51.5 Å². The largest absolute Gasteiger partial charge is 0.372 e. The summed E-state index contributed by atoms with van der Waals surface area (Å²) in [5, 5.41) is 6.52. The van der Waals surface area contributed by atoms with Gasteiger partial charge in [0.05, 0.1) is 0 Å². The molecule has 4 nitrogen and oxygen atoms in total. The molecule has 3 rings (SSSR count). The lowest BCUT2D eigenvalue weighted by Crippen LogP contribution is -2.97. The number of halogens is 3. The zero-order chi connectivity index (χ0) is 17.9. The maximum atomic E-state index is 12.8. The summed E-state index contributed by atoms with van der Waals surface area (Å²) in [6.07, 6.45) is 1.46. The van der Waals surface area contributed by atoms with Crippen molar-refractivity contribution in [1.82, 2.24) is 5.32 Å². The smallest absolute Gasteiger partial charge is 0.262 e. The number of ether oxygens (including phenoxy) is 1. The zero-order valence-corrected chi connectivity index (χ0v) is 15.8. The van der Waals surface area contributed by atoms with E-state index in [0.29, 0.717) is 12.1 Å². The Morgan fingerprint density at radius 2 is 2.00 bits per heavy atom. The van der Waals surface area contributed by atoms with Gasteiger partial charge in [-0.05, 0) is 29.7 Å². The van der Waals surface area contributed by atoms with E-state index in [1.54, 1.807) is 6.07 Å². The molecule has 0 radical (unpaired) electrons. The van der Waals surface area contributed by atoms with Crippen LogP contribution < -0.4 is 10.6 Å². The molecule has 0 aromatic heterocycles. The summed E-state index contributed by atoms with van der Waals surface area (Å²) >= 11 is 18.2. The van der Waals surface area contributed by atoms with Gasteiger partial charge < -0.3 is 10.1 Å². The van der Waals surface area contributed by atoms with Crippen LogP contribution in [0.2, 0.25) is 0 Å². The van der Waals surface area contributed by atoms with Gasteiger partial charge in [-0.1, -0.05) is 71.2 Å². The number of benzene rings is 2. The van der Waals surface area contributed by atoms with E-state index in [1.807, 2.05) is 41.7 Å². The number of alkyl halides is 3. The molecule has 1 saturated heterocycles. The second kappa shape index (κ2) is 8.11. The van der Waals surface area contributed by atoms with E-state index in [-0.39, 0.29) is 12.0 Å². The van der Waals surface area contributed by atoms with Crippen molar-refractivity contribution in [2.45, 2.75) is 28.9 Å². The SMILES string of the molecule is O=C(N[C@H]([NH2+]C[C@H]1CCCO1)C(Cl)(Cl)Cl)c1cccc2ccccc12. The van der Waals surface area contributed by atoms with Gasteiger partial charge in [0.1, 0.15) is 12.6 Å². The van der Waals surface area contributed by atoms with Crippen LogP contribution in [0.5, 0.6) is 0 Å². The van der Waals surface area contributed by atoms with E-state index in [2.05, 4.69) is 5.32 Å². The van der Waals surface area contributed by atoms with Crippen LogP contribution in [0.4, 0.5) is 0 Å².